The van der Waals surface area contributed by atoms with Crippen LogP contribution in [0.4, 0.5) is 11.5 Å². The van der Waals surface area contributed by atoms with Gasteiger partial charge in [0.2, 0.25) is 0 Å². The minimum absolute atomic E-state index is 0.0243. The minimum Gasteiger partial charge on any atom is -0.368 e. The molecule has 9 nitrogen and oxygen atoms in total. The topological polar surface area (TPSA) is 95.8 Å². The van der Waals surface area contributed by atoms with Crippen molar-refractivity contribution in [3.63, 3.8) is 0 Å². The van der Waals surface area contributed by atoms with Gasteiger partial charge in [0.05, 0.1) is 23.6 Å². The van der Waals surface area contributed by atoms with Crippen molar-refractivity contribution >= 4 is 33.6 Å². The van der Waals surface area contributed by atoms with Crippen LogP contribution in [0.5, 0.6) is 0 Å². The van der Waals surface area contributed by atoms with Gasteiger partial charge in [-0.25, -0.2) is 19.9 Å². The largest absolute Gasteiger partial charge is 0.368 e. The first kappa shape index (κ1) is 15.7. The number of aromatic amines is 1. The van der Waals surface area contributed by atoms with Crippen molar-refractivity contribution in [3.05, 3.63) is 47.5 Å². The molecule has 27 heavy (non-hydrogen) atoms. The predicted molar refractivity (Wildman–Crippen MR) is 103 cm³/mol. The monoisotopic (exact) mass is 362 g/mol. The van der Waals surface area contributed by atoms with Gasteiger partial charge < -0.3 is 19.4 Å². The van der Waals surface area contributed by atoms with E-state index >= 15 is 0 Å². The van der Waals surface area contributed by atoms with Gasteiger partial charge in [0.1, 0.15) is 11.8 Å². The van der Waals surface area contributed by atoms with Crippen molar-refractivity contribution in [3.8, 4) is 0 Å². The molecule has 5 rings (SSSR count). The number of aromatic nitrogens is 6. The molecule has 0 amide bonds. The number of hydrogen-bond donors (Lipinski definition) is 1. The van der Waals surface area contributed by atoms with Gasteiger partial charge in [-0.3, -0.25) is 4.79 Å². The average molecular weight is 362 g/mol. The molecule has 0 aliphatic carbocycles. The summed E-state index contributed by atoms with van der Waals surface area (Å²) in [5.74, 6) is 0.890. The van der Waals surface area contributed by atoms with Crippen molar-refractivity contribution in [2.75, 3.05) is 36.0 Å². The maximum atomic E-state index is 12.2. The molecular formula is C18H18N8O. The molecule has 0 atom stereocenters. The zero-order valence-corrected chi connectivity index (χ0v) is 14.8. The fraction of sp³-hybridized carbons (Fsp3) is 0.278. The number of anilines is 2. The van der Waals surface area contributed by atoms with Crippen molar-refractivity contribution in [1.82, 2.24) is 29.5 Å². The fourth-order valence-corrected chi connectivity index (χ4v) is 3.56. The Morgan fingerprint density at radius 3 is 2.67 bits per heavy atom. The van der Waals surface area contributed by atoms with E-state index in [9.17, 15) is 4.79 Å². The highest BCUT2D eigenvalue weighted by Crippen LogP contribution is 2.24. The highest BCUT2D eigenvalue weighted by Gasteiger charge is 2.21. The summed E-state index contributed by atoms with van der Waals surface area (Å²) in [7, 11) is 1.71. The second kappa shape index (κ2) is 6.04. The molecule has 1 N–H and O–H groups in total. The highest BCUT2D eigenvalue weighted by molar-refractivity contribution is 5.83. The van der Waals surface area contributed by atoms with Crippen LogP contribution in [0.1, 0.15) is 0 Å². The van der Waals surface area contributed by atoms with Crippen molar-refractivity contribution in [2.45, 2.75) is 0 Å². The van der Waals surface area contributed by atoms with Gasteiger partial charge in [0, 0.05) is 38.9 Å². The molecule has 0 spiro atoms. The van der Waals surface area contributed by atoms with Crippen molar-refractivity contribution < 1.29 is 0 Å². The standard InChI is InChI=1S/C18H18N8O/c1-24-11-23-14-8-12(2-3-13(14)18(24)27)25-4-6-26(7-5-25)17-15-16(20-9-19-15)21-10-22-17/h2-3,8-11H,4-7H2,1H3,(H,19,20,21,22). The summed E-state index contributed by atoms with van der Waals surface area (Å²) in [5, 5.41) is 0.644. The fourth-order valence-electron chi connectivity index (χ4n) is 3.56. The predicted octanol–water partition coefficient (Wildman–Crippen LogP) is 0.926. The Morgan fingerprint density at radius 2 is 1.81 bits per heavy atom. The van der Waals surface area contributed by atoms with E-state index < -0.39 is 0 Å². The Labute approximate surface area is 154 Å². The third-order valence-electron chi connectivity index (χ3n) is 5.05. The molecule has 0 unspecified atom stereocenters. The number of fused-ring (bicyclic) bond motifs is 2. The number of nitrogens with one attached hydrogen (secondary N) is 1. The van der Waals surface area contributed by atoms with Crippen molar-refractivity contribution in [2.24, 2.45) is 7.05 Å². The molecule has 1 fully saturated rings. The first-order chi connectivity index (χ1) is 13.2. The third kappa shape index (κ3) is 2.59. The van der Waals surface area contributed by atoms with Crippen LogP contribution in [-0.2, 0) is 7.05 Å². The Bertz CT molecular complexity index is 1190. The molecular weight excluding hydrogens is 344 g/mol. The van der Waals surface area contributed by atoms with Crippen LogP contribution in [-0.4, -0.2) is 55.7 Å². The molecule has 0 radical (unpaired) electrons. The lowest BCUT2D eigenvalue weighted by molar-refractivity contribution is 0.648. The van der Waals surface area contributed by atoms with E-state index in [1.165, 1.54) is 4.57 Å². The van der Waals surface area contributed by atoms with Crippen LogP contribution in [0, 0.1) is 0 Å². The number of nitrogens with zero attached hydrogens (tertiary/aromatic N) is 7. The Balaban J connectivity index is 1.39. The van der Waals surface area contributed by atoms with E-state index in [0.717, 1.165) is 48.7 Å². The van der Waals surface area contributed by atoms with Gasteiger partial charge >= 0.3 is 0 Å². The number of piperazine rings is 1. The molecule has 0 bridgehead atoms. The van der Waals surface area contributed by atoms with Crippen LogP contribution < -0.4 is 15.4 Å². The number of benzene rings is 1. The molecule has 1 saturated heterocycles. The second-order valence-corrected chi connectivity index (χ2v) is 6.63. The molecule has 4 heterocycles. The number of hydrogen-bond acceptors (Lipinski definition) is 7. The summed E-state index contributed by atoms with van der Waals surface area (Å²) < 4.78 is 1.50. The van der Waals surface area contributed by atoms with Gasteiger partial charge in [-0.1, -0.05) is 0 Å². The first-order valence-electron chi connectivity index (χ1n) is 8.80. The van der Waals surface area contributed by atoms with Crippen LogP contribution in [0.15, 0.2) is 42.0 Å². The van der Waals surface area contributed by atoms with Crippen LogP contribution >= 0.6 is 0 Å². The molecule has 136 valence electrons. The Morgan fingerprint density at radius 1 is 1.00 bits per heavy atom. The molecule has 1 aliphatic heterocycles. The zero-order valence-electron chi connectivity index (χ0n) is 14.8. The van der Waals surface area contributed by atoms with Gasteiger partial charge in [-0.2, -0.15) is 0 Å². The maximum Gasteiger partial charge on any atom is 0.260 e. The summed E-state index contributed by atoms with van der Waals surface area (Å²) in [6, 6.07) is 5.86. The van der Waals surface area contributed by atoms with E-state index in [4.69, 9.17) is 0 Å². The normalized spacial score (nSPS) is 15.0. The molecule has 4 aromatic rings. The van der Waals surface area contributed by atoms with E-state index in [0.29, 0.717) is 11.0 Å². The van der Waals surface area contributed by atoms with Gasteiger partial charge in [0.25, 0.3) is 5.56 Å². The lowest BCUT2D eigenvalue weighted by Gasteiger charge is -2.36. The summed E-state index contributed by atoms with van der Waals surface area (Å²) in [5.41, 5.74) is 3.34. The van der Waals surface area contributed by atoms with E-state index in [1.807, 2.05) is 18.2 Å². The Kier molecular flexibility index (Phi) is 3.52. The lowest BCUT2D eigenvalue weighted by atomic mass is 10.2. The minimum atomic E-state index is -0.0243. The lowest BCUT2D eigenvalue weighted by Crippen LogP contribution is -2.47. The molecule has 0 saturated carbocycles. The smallest absolute Gasteiger partial charge is 0.260 e. The average Bonchev–Trinajstić information content (AvgIpc) is 3.20. The number of rotatable bonds is 2. The molecule has 1 aromatic carbocycles. The first-order valence-corrected chi connectivity index (χ1v) is 8.80. The summed E-state index contributed by atoms with van der Waals surface area (Å²) in [6.07, 6.45) is 4.77. The maximum absolute atomic E-state index is 12.2. The number of H-pyrrole nitrogens is 1. The summed E-state index contributed by atoms with van der Waals surface area (Å²) in [6.45, 7) is 3.40. The summed E-state index contributed by atoms with van der Waals surface area (Å²) in [4.78, 5) is 37.1. The quantitative estimate of drug-likeness (QED) is 0.567. The van der Waals surface area contributed by atoms with Gasteiger partial charge in [-0.05, 0) is 18.2 Å². The van der Waals surface area contributed by atoms with Gasteiger partial charge in [0.15, 0.2) is 11.5 Å². The van der Waals surface area contributed by atoms with Crippen LogP contribution in [0.2, 0.25) is 0 Å². The molecule has 1 aliphatic rings. The van der Waals surface area contributed by atoms with E-state index in [-0.39, 0.29) is 5.56 Å². The molecule has 9 heteroatoms. The second-order valence-electron chi connectivity index (χ2n) is 6.63. The molecule has 3 aromatic heterocycles. The third-order valence-corrected chi connectivity index (χ3v) is 5.05. The SMILES string of the molecule is Cn1cnc2cc(N3CCN(c4ncnc5nc[nH]c45)CC3)ccc2c1=O. The van der Waals surface area contributed by atoms with E-state index in [1.54, 1.807) is 26.0 Å². The van der Waals surface area contributed by atoms with E-state index in [2.05, 4.69) is 34.7 Å². The number of imidazole rings is 1. The van der Waals surface area contributed by atoms with Gasteiger partial charge in [-0.15, -0.1) is 0 Å². The Hall–Kier alpha value is -3.49. The number of aryl methyl sites for hydroxylation is 1. The zero-order chi connectivity index (χ0) is 18.4. The summed E-state index contributed by atoms with van der Waals surface area (Å²) >= 11 is 0. The van der Waals surface area contributed by atoms with Crippen LogP contribution in [0.3, 0.4) is 0 Å². The highest BCUT2D eigenvalue weighted by atomic mass is 16.1. The van der Waals surface area contributed by atoms with Crippen molar-refractivity contribution in [1.29, 1.82) is 0 Å². The van der Waals surface area contributed by atoms with Crippen LogP contribution in [0.25, 0.3) is 22.1 Å².